The lowest BCUT2D eigenvalue weighted by Gasteiger charge is -2.08. The number of phenols is 1. The first-order valence-electron chi connectivity index (χ1n) is 17.5. The Labute approximate surface area is 248 Å². The largest absolute Gasteiger partial charge is 0.508 e. The number of benzene rings is 1. The van der Waals surface area contributed by atoms with Crippen LogP contribution in [0.4, 0.5) is 4.79 Å². The maximum Gasteiger partial charge on any atom is 0.314 e. The molecular formula is C36H66N2O2. The highest BCUT2D eigenvalue weighted by molar-refractivity contribution is 5.73. The van der Waals surface area contributed by atoms with Crippen LogP contribution in [0.2, 0.25) is 0 Å². The van der Waals surface area contributed by atoms with Crippen molar-refractivity contribution >= 4 is 6.03 Å². The third-order valence-corrected chi connectivity index (χ3v) is 8.20. The second-order valence-electron chi connectivity index (χ2n) is 12.1. The Balaban J connectivity index is 1.68. The lowest BCUT2D eigenvalue weighted by molar-refractivity contribution is 0.241. The Hall–Kier alpha value is -1.71. The quantitative estimate of drug-likeness (QED) is 0.0856. The number of aromatic hydroxyl groups is 1. The van der Waals surface area contributed by atoms with E-state index in [4.69, 9.17) is 0 Å². The molecule has 1 rings (SSSR count). The van der Waals surface area contributed by atoms with Gasteiger partial charge in [0.1, 0.15) is 5.75 Å². The van der Waals surface area contributed by atoms with Crippen LogP contribution in [0.5, 0.6) is 5.75 Å². The first-order chi connectivity index (χ1) is 19.7. The van der Waals surface area contributed by atoms with Gasteiger partial charge >= 0.3 is 6.03 Å². The van der Waals surface area contributed by atoms with Gasteiger partial charge in [-0.25, -0.2) is 4.79 Å². The fraction of sp³-hybridized carbons (Fsp3) is 0.806. The molecule has 4 heteroatoms. The number of nitrogens with one attached hydrogen (secondary N) is 2. The highest BCUT2D eigenvalue weighted by Gasteiger charge is 2.00. The summed E-state index contributed by atoms with van der Waals surface area (Å²) < 4.78 is 0. The second-order valence-corrected chi connectivity index (χ2v) is 12.1. The van der Waals surface area contributed by atoms with Crippen LogP contribution in [0, 0.1) is 0 Å². The summed E-state index contributed by atoms with van der Waals surface area (Å²) >= 11 is 0. The maximum absolute atomic E-state index is 11.9. The average Bonchev–Trinajstić information content (AvgIpc) is 2.96. The van der Waals surface area contributed by atoms with Crippen LogP contribution in [-0.2, 0) is 6.42 Å². The van der Waals surface area contributed by atoms with Crippen molar-refractivity contribution in [3.63, 3.8) is 0 Å². The van der Waals surface area contributed by atoms with Crippen LogP contribution in [-0.4, -0.2) is 24.2 Å². The molecule has 232 valence electrons. The molecule has 0 spiro atoms. The molecule has 0 atom stereocenters. The van der Waals surface area contributed by atoms with E-state index in [-0.39, 0.29) is 11.8 Å². The standard InChI is InChI=1S/C36H66N2O2/c1-2-3-4-5-6-7-8-9-10-11-12-13-14-15-16-17-18-19-20-21-22-23-24-25-26-32-37-36(40)38-33-31-34-27-29-35(39)30-28-34/h27-30,39H,2-26,31-33H2,1H3,(H2,37,38,40). The molecule has 4 nitrogen and oxygen atoms in total. The summed E-state index contributed by atoms with van der Waals surface area (Å²) in [4.78, 5) is 11.9. The molecule has 0 bridgehead atoms. The summed E-state index contributed by atoms with van der Waals surface area (Å²) in [5.74, 6) is 0.273. The van der Waals surface area contributed by atoms with E-state index in [1.165, 1.54) is 154 Å². The summed E-state index contributed by atoms with van der Waals surface area (Å²) in [7, 11) is 0. The van der Waals surface area contributed by atoms with Crippen LogP contribution in [0.25, 0.3) is 0 Å². The van der Waals surface area contributed by atoms with E-state index in [2.05, 4.69) is 17.6 Å². The first-order valence-corrected chi connectivity index (χ1v) is 17.5. The van der Waals surface area contributed by atoms with Gasteiger partial charge in [0, 0.05) is 13.1 Å². The van der Waals surface area contributed by atoms with E-state index in [1.54, 1.807) is 12.1 Å². The summed E-state index contributed by atoms with van der Waals surface area (Å²) in [5.41, 5.74) is 1.11. The van der Waals surface area contributed by atoms with Crippen molar-refractivity contribution in [3.8, 4) is 5.75 Å². The van der Waals surface area contributed by atoms with Gasteiger partial charge in [-0.05, 0) is 30.5 Å². The molecule has 0 saturated heterocycles. The van der Waals surface area contributed by atoms with Crippen molar-refractivity contribution in [2.45, 2.75) is 174 Å². The van der Waals surface area contributed by atoms with Crippen molar-refractivity contribution in [3.05, 3.63) is 29.8 Å². The number of amides is 2. The zero-order valence-corrected chi connectivity index (χ0v) is 26.5. The number of hydrogen-bond donors (Lipinski definition) is 3. The van der Waals surface area contributed by atoms with Crippen LogP contribution in [0.1, 0.15) is 173 Å². The predicted octanol–water partition coefficient (Wildman–Crippen LogP) is 11.0. The molecule has 0 radical (unpaired) electrons. The number of carbonyl (C=O) groups excluding carboxylic acids is 1. The van der Waals surface area contributed by atoms with Gasteiger partial charge in [-0.1, -0.05) is 173 Å². The van der Waals surface area contributed by atoms with Gasteiger partial charge in [0.2, 0.25) is 0 Å². The van der Waals surface area contributed by atoms with Gasteiger partial charge in [-0.2, -0.15) is 0 Å². The van der Waals surface area contributed by atoms with Crippen LogP contribution < -0.4 is 10.6 Å². The van der Waals surface area contributed by atoms with Crippen molar-refractivity contribution < 1.29 is 9.90 Å². The third kappa shape index (κ3) is 25.3. The topological polar surface area (TPSA) is 61.4 Å². The molecule has 3 N–H and O–H groups in total. The lowest BCUT2D eigenvalue weighted by Crippen LogP contribution is -2.37. The number of carbonyl (C=O) groups is 1. The van der Waals surface area contributed by atoms with E-state index in [1.807, 2.05) is 12.1 Å². The van der Waals surface area contributed by atoms with E-state index in [9.17, 15) is 9.90 Å². The summed E-state index contributed by atoms with van der Waals surface area (Å²) in [5, 5.41) is 15.2. The molecule has 40 heavy (non-hydrogen) atoms. The second kappa shape index (κ2) is 28.8. The number of rotatable bonds is 29. The number of hydrogen-bond acceptors (Lipinski definition) is 2. The summed E-state index contributed by atoms with van der Waals surface area (Å²) in [6, 6.07) is 7.05. The Bertz CT molecular complexity index is 661. The molecule has 1 aromatic rings. The molecule has 0 aliphatic heterocycles. The van der Waals surface area contributed by atoms with E-state index >= 15 is 0 Å². The Morgan fingerprint density at radius 2 is 0.825 bits per heavy atom. The predicted molar refractivity (Wildman–Crippen MR) is 174 cm³/mol. The smallest absolute Gasteiger partial charge is 0.314 e. The molecular weight excluding hydrogens is 492 g/mol. The molecule has 0 fully saturated rings. The highest BCUT2D eigenvalue weighted by atomic mass is 16.3. The number of unbranched alkanes of at least 4 members (excludes halogenated alkanes) is 24. The van der Waals surface area contributed by atoms with E-state index in [0.717, 1.165) is 24.9 Å². The van der Waals surface area contributed by atoms with Gasteiger partial charge in [0.15, 0.2) is 0 Å². The van der Waals surface area contributed by atoms with Gasteiger partial charge in [-0.3, -0.25) is 0 Å². The van der Waals surface area contributed by atoms with Crippen molar-refractivity contribution in [2.24, 2.45) is 0 Å². The fourth-order valence-corrected chi connectivity index (χ4v) is 5.51. The Morgan fingerprint density at radius 3 is 1.20 bits per heavy atom. The van der Waals surface area contributed by atoms with Crippen LogP contribution >= 0.6 is 0 Å². The number of urea groups is 1. The fourth-order valence-electron chi connectivity index (χ4n) is 5.51. The minimum absolute atomic E-state index is 0.0804. The number of phenolic OH excluding ortho intramolecular Hbond substituents is 1. The van der Waals surface area contributed by atoms with Crippen LogP contribution in [0.15, 0.2) is 24.3 Å². The van der Waals surface area contributed by atoms with Crippen molar-refractivity contribution in [1.82, 2.24) is 10.6 Å². The summed E-state index contributed by atoms with van der Waals surface area (Å²) in [6.07, 6.45) is 35.9. The molecule has 0 aliphatic rings. The molecule has 0 heterocycles. The first kappa shape index (κ1) is 36.3. The Morgan fingerprint density at radius 1 is 0.500 bits per heavy atom. The SMILES string of the molecule is CCCCCCCCCCCCCCCCCCCCCCCCCCCNC(=O)NCCc1ccc(O)cc1. The van der Waals surface area contributed by atoms with Gasteiger partial charge < -0.3 is 15.7 Å². The molecule has 2 amide bonds. The maximum atomic E-state index is 11.9. The monoisotopic (exact) mass is 559 g/mol. The van der Waals surface area contributed by atoms with E-state index in [0.29, 0.717) is 6.54 Å². The average molecular weight is 559 g/mol. The lowest BCUT2D eigenvalue weighted by atomic mass is 10.0. The Kier molecular flexibility index (Phi) is 26.2. The zero-order chi connectivity index (χ0) is 28.8. The summed E-state index contributed by atoms with van der Waals surface area (Å²) in [6.45, 7) is 3.66. The third-order valence-electron chi connectivity index (χ3n) is 8.20. The van der Waals surface area contributed by atoms with Gasteiger partial charge in [0.25, 0.3) is 0 Å². The van der Waals surface area contributed by atoms with Crippen LogP contribution in [0.3, 0.4) is 0 Å². The minimum Gasteiger partial charge on any atom is -0.508 e. The normalized spacial score (nSPS) is 11.1. The van der Waals surface area contributed by atoms with Gasteiger partial charge in [0.05, 0.1) is 0 Å². The molecule has 0 aromatic heterocycles. The van der Waals surface area contributed by atoms with Crippen molar-refractivity contribution in [1.29, 1.82) is 0 Å². The van der Waals surface area contributed by atoms with E-state index < -0.39 is 0 Å². The molecule has 0 saturated carbocycles. The molecule has 0 aliphatic carbocycles. The molecule has 0 unspecified atom stereocenters. The van der Waals surface area contributed by atoms with Crippen molar-refractivity contribution in [2.75, 3.05) is 13.1 Å². The molecule has 1 aromatic carbocycles. The zero-order valence-electron chi connectivity index (χ0n) is 26.5. The minimum atomic E-state index is -0.0804. The van der Waals surface area contributed by atoms with Gasteiger partial charge in [-0.15, -0.1) is 0 Å². The highest BCUT2D eigenvalue weighted by Crippen LogP contribution is 2.16.